The molecular formula is C12H15N3O3. The zero-order chi connectivity index (χ0) is 13.5. The number of nitrogens with one attached hydrogen (secondary N) is 2. The van der Waals surface area contributed by atoms with E-state index in [1.807, 2.05) is 6.92 Å². The molecule has 0 aliphatic carbocycles. The van der Waals surface area contributed by atoms with E-state index in [0.717, 1.165) is 0 Å². The number of aromatic carboxylic acids is 1. The standard InChI is InChI=1S/C12H15N3O3/c1-3-5-8(2)14-12(18)15-9-6-4-7-13-10(9)11(16)17/h3-4,6-8H,1,5H2,2H3,(H,16,17)(H2,14,15,18). The van der Waals surface area contributed by atoms with Crippen LogP contribution in [-0.2, 0) is 0 Å². The van der Waals surface area contributed by atoms with Crippen molar-refractivity contribution in [2.75, 3.05) is 5.32 Å². The van der Waals surface area contributed by atoms with Gasteiger partial charge in [0.15, 0.2) is 5.69 Å². The Hall–Kier alpha value is -2.37. The van der Waals surface area contributed by atoms with Gasteiger partial charge in [0.1, 0.15) is 0 Å². The zero-order valence-electron chi connectivity index (χ0n) is 10.0. The molecule has 0 spiro atoms. The van der Waals surface area contributed by atoms with Crippen molar-refractivity contribution in [3.8, 4) is 0 Å². The SMILES string of the molecule is C=CCC(C)NC(=O)Nc1cccnc1C(=O)O. The van der Waals surface area contributed by atoms with Gasteiger partial charge in [-0.2, -0.15) is 0 Å². The molecule has 1 aromatic heterocycles. The number of pyridine rings is 1. The number of hydrogen-bond donors (Lipinski definition) is 3. The Balaban J connectivity index is 2.70. The minimum absolute atomic E-state index is 0.0764. The number of aromatic nitrogens is 1. The lowest BCUT2D eigenvalue weighted by Gasteiger charge is -2.13. The quantitative estimate of drug-likeness (QED) is 0.694. The van der Waals surface area contributed by atoms with E-state index in [1.165, 1.54) is 12.3 Å². The second-order valence-electron chi connectivity index (χ2n) is 3.73. The van der Waals surface area contributed by atoms with Crippen molar-refractivity contribution in [3.63, 3.8) is 0 Å². The fourth-order valence-electron chi connectivity index (χ4n) is 1.37. The van der Waals surface area contributed by atoms with E-state index in [2.05, 4.69) is 22.2 Å². The van der Waals surface area contributed by atoms with Crippen LogP contribution in [0.3, 0.4) is 0 Å². The lowest BCUT2D eigenvalue weighted by Crippen LogP contribution is -2.36. The Morgan fingerprint density at radius 1 is 1.61 bits per heavy atom. The van der Waals surface area contributed by atoms with Gasteiger partial charge in [0.2, 0.25) is 0 Å². The van der Waals surface area contributed by atoms with Crippen LogP contribution in [0.1, 0.15) is 23.8 Å². The summed E-state index contributed by atoms with van der Waals surface area (Å²) in [5, 5.41) is 14.0. The Morgan fingerprint density at radius 3 is 2.94 bits per heavy atom. The first-order valence-corrected chi connectivity index (χ1v) is 5.41. The van der Waals surface area contributed by atoms with Crippen LogP contribution in [0.5, 0.6) is 0 Å². The van der Waals surface area contributed by atoms with E-state index >= 15 is 0 Å². The van der Waals surface area contributed by atoms with Gasteiger partial charge in [0.05, 0.1) is 5.69 Å². The van der Waals surface area contributed by atoms with Gasteiger partial charge in [-0.3, -0.25) is 0 Å². The van der Waals surface area contributed by atoms with Gasteiger partial charge in [-0.25, -0.2) is 14.6 Å². The van der Waals surface area contributed by atoms with Crippen LogP contribution in [0, 0.1) is 0 Å². The number of urea groups is 1. The van der Waals surface area contributed by atoms with Gasteiger partial charge in [-0.05, 0) is 25.5 Å². The van der Waals surface area contributed by atoms with Crippen LogP contribution in [0.2, 0.25) is 0 Å². The highest BCUT2D eigenvalue weighted by Gasteiger charge is 2.13. The predicted molar refractivity (Wildman–Crippen MR) is 67.6 cm³/mol. The summed E-state index contributed by atoms with van der Waals surface area (Å²) in [5.41, 5.74) is -0.0303. The van der Waals surface area contributed by atoms with Crippen LogP contribution in [0.25, 0.3) is 0 Å². The topological polar surface area (TPSA) is 91.3 Å². The molecule has 0 aliphatic rings. The highest BCUT2D eigenvalue weighted by Crippen LogP contribution is 2.11. The van der Waals surface area contributed by atoms with E-state index in [9.17, 15) is 9.59 Å². The summed E-state index contributed by atoms with van der Waals surface area (Å²) in [7, 11) is 0. The normalized spacial score (nSPS) is 11.4. The molecule has 1 unspecified atom stereocenters. The number of carboxylic acid groups (broad SMARTS) is 1. The Bertz CT molecular complexity index is 460. The molecule has 0 saturated heterocycles. The molecule has 1 heterocycles. The molecule has 0 fully saturated rings. The summed E-state index contributed by atoms with van der Waals surface area (Å²) in [4.78, 5) is 26.2. The smallest absolute Gasteiger partial charge is 0.356 e. The largest absolute Gasteiger partial charge is 0.476 e. The van der Waals surface area contributed by atoms with Crippen molar-refractivity contribution in [2.24, 2.45) is 0 Å². The first-order chi connectivity index (χ1) is 8.54. The highest BCUT2D eigenvalue weighted by atomic mass is 16.4. The van der Waals surface area contributed by atoms with Crippen molar-refractivity contribution in [1.29, 1.82) is 0 Å². The molecule has 6 nitrogen and oxygen atoms in total. The number of carbonyl (C=O) groups excluding carboxylic acids is 1. The molecule has 3 N–H and O–H groups in total. The molecule has 0 aliphatic heterocycles. The van der Waals surface area contributed by atoms with Crippen LogP contribution >= 0.6 is 0 Å². The van der Waals surface area contributed by atoms with Crippen LogP contribution in [0.4, 0.5) is 10.5 Å². The van der Waals surface area contributed by atoms with Crippen LogP contribution < -0.4 is 10.6 Å². The number of anilines is 1. The summed E-state index contributed by atoms with van der Waals surface area (Å²) in [6, 6.07) is 2.48. The fourth-order valence-corrected chi connectivity index (χ4v) is 1.37. The van der Waals surface area contributed by atoms with E-state index in [0.29, 0.717) is 6.42 Å². The van der Waals surface area contributed by atoms with Crippen molar-refractivity contribution >= 4 is 17.7 Å². The Morgan fingerprint density at radius 2 is 2.33 bits per heavy atom. The average molecular weight is 249 g/mol. The maximum Gasteiger partial charge on any atom is 0.356 e. The lowest BCUT2D eigenvalue weighted by molar-refractivity contribution is 0.0692. The molecule has 6 heteroatoms. The molecule has 2 amide bonds. The molecule has 18 heavy (non-hydrogen) atoms. The molecule has 1 atom stereocenters. The molecule has 1 rings (SSSR count). The van der Waals surface area contributed by atoms with Crippen molar-refractivity contribution < 1.29 is 14.7 Å². The van der Waals surface area contributed by atoms with Gasteiger partial charge >= 0.3 is 12.0 Å². The van der Waals surface area contributed by atoms with Gasteiger partial charge in [0.25, 0.3) is 0 Å². The van der Waals surface area contributed by atoms with Crippen LogP contribution in [-0.4, -0.2) is 28.1 Å². The summed E-state index contributed by atoms with van der Waals surface area (Å²) in [6.07, 6.45) is 3.68. The number of hydrogen-bond acceptors (Lipinski definition) is 3. The second-order valence-corrected chi connectivity index (χ2v) is 3.73. The number of nitrogens with zero attached hydrogens (tertiary/aromatic N) is 1. The minimum Gasteiger partial charge on any atom is -0.476 e. The van der Waals surface area contributed by atoms with Gasteiger partial charge in [-0.1, -0.05) is 6.08 Å². The highest BCUT2D eigenvalue weighted by molar-refractivity contribution is 5.98. The first kappa shape index (κ1) is 13.7. The Kier molecular flexibility index (Phi) is 4.86. The summed E-state index contributed by atoms with van der Waals surface area (Å²) < 4.78 is 0. The number of carbonyl (C=O) groups is 2. The summed E-state index contributed by atoms with van der Waals surface area (Å²) in [6.45, 7) is 5.39. The van der Waals surface area contributed by atoms with Crippen molar-refractivity contribution in [3.05, 3.63) is 36.7 Å². The minimum atomic E-state index is -1.19. The third kappa shape index (κ3) is 3.89. The fraction of sp³-hybridized carbons (Fsp3) is 0.250. The van der Waals surface area contributed by atoms with Crippen molar-refractivity contribution in [1.82, 2.24) is 10.3 Å². The summed E-state index contributed by atoms with van der Waals surface area (Å²) >= 11 is 0. The molecule has 1 aromatic rings. The monoisotopic (exact) mass is 249 g/mol. The zero-order valence-corrected chi connectivity index (χ0v) is 10.0. The molecule has 0 saturated carbocycles. The first-order valence-electron chi connectivity index (χ1n) is 5.41. The van der Waals surface area contributed by atoms with Crippen LogP contribution in [0.15, 0.2) is 31.0 Å². The van der Waals surface area contributed by atoms with Gasteiger partial charge in [0, 0.05) is 12.2 Å². The van der Waals surface area contributed by atoms with Crippen molar-refractivity contribution in [2.45, 2.75) is 19.4 Å². The second kappa shape index (κ2) is 6.39. The lowest BCUT2D eigenvalue weighted by atomic mass is 10.2. The average Bonchev–Trinajstić information content (AvgIpc) is 2.29. The summed E-state index contributed by atoms with van der Waals surface area (Å²) in [5.74, 6) is -1.19. The molecule has 96 valence electrons. The van der Waals surface area contributed by atoms with Gasteiger partial charge < -0.3 is 15.7 Å². The number of carboxylic acids is 1. The molecule has 0 aromatic carbocycles. The third-order valence-electron chi connectivity index (χ3n) is 2.16. The van der Waals surface area contributed by atoms with E-state index in [1.54, 1.807) is 12.1 Å². The van der Waals surface area contributed by atoms with E-state index in [-0.39, 0.29) is 17.4 Å². The molecule has 0 radical (unpaired) electrons. The molecule has 0 bridgehead atoms. The number of rotatable bonds is 5. The Labute approximate surface area is 105 Å². The van der Waals surface area contributed by atoms with E-state index in [4.69, 9.17) is 5.11 Å². The third-order valence-corrected chi connectivity index (χ3v) is 2.16. The van der Waals surface area contributed by atoms with Gasteiger partial charge in [-0.15, -0.1) is 6.58 Å². The molecular weight excluding hydrogens is 234 g/mol. The number of amides is 2. The maximum atomic E-state index is 11.6. The maximum absolute atomic E-state index is 11.6. The van der Waals surface area contributed by atoms with E-state index < -0.39 is 12.0 Å². The predicted octanol–water partition coefficient (Wildman–Crippen LogP) is 1.87.